The van der Waals surface area contributed by atoms with Gasteiger partial charge in [-0.15, -0.1) is 0 Å². The first kappa shape index (κ1) is 16.1. The second-order valence-corrected chi connectivity index (χ2v) is 7.89. The number of ether oxygens (including phenoxy) is 1. The Balaban J connectivity index is 1.53. The number of amides is 1. The van der Waals surface area contributed by atoms with Crippen LogP contribution >= 0.6 is 0 Å². The molecule has 1 amide bonds. The minimum atomic E-state index is -0.390. The molecule has 4 rings (SSSR count). The van der Waals surface area contributed by atoms with Gasteiger partial charge in [0.05, 0.1) is 12.5 Å². The highest BCUT2D eigenvalue weighted by atomic mass is 16.5. The molecule has 4 heteroatoms. The molecule has 0 spiro atoms. The van der Waals surface area contributed by atoms with Gasteiger partial charge in [-0.3, -0.25) is 9.78 Å². The predicted molar refractivity (Wildman–Crippen MR) is 96.6 cm³/mol. The van der Waals surface area contributed by atoms with E-state index in [-0.39, 0.29) is 16.7 Å². The Morgan fingerprint density at radius 2 is 1.88 bits per heavy atom. The summed E-state index contributed by atoms with van der Waals surface area (Å²) in [7, 11) is 1.66. The summed E-state index contributed by atoms with van der Waals surface area (Å²) < 4.78 is 5.26. The van der Waals surface area contributed by atoms with Crippen LogP contribution in [-0.4, -0.2) is 36.0 Å². The molecule has 1 aliphatic heterocycles. The van der Waals surface area contributed by atoms with E-state index in [9.17, 15) is 4.79 Å². The lowest BCUT2D eigenvalue weighted by atomic mass is 9.83. The molecule has 1 unspecified atom stereocenters. The van der Waals surface area contributed by atoms with Crippen molar-refractivity contribution in [3.8, 4) is 5.75 Å². The van der Waals surface area contributed by atoms with Gasteiger partial charge in [-0.25, -0.2) is 0 Å². The standard InChI is InChI=1S/C21H24N2O2/c1-20(2)14-21(20,17-6-8-18(25-3)9-7-17)19(24)23-12-16(13-23)15-5-4-10-22-11-15/h4-11,16H,12-14H2,1-3H3. The van der Waals surface area contributed by atoms with Crippen LogP contribution in [0.25, 0.3) is 0 Å². The second kappa shape index (κ2) is 5.58. The van der Waals surface area contributed by atoms with Crippen LogP contribution < -0.4 is 4.74 Å². The van der Waals surface area contributed by atoms with Crippen LogP contribution in [0, 0.1) is 5.41 Å². The number of benzene rings is 1. The highest BCUT2D eigenvalue weighted by molar-refractivity contribution is 5.93. The van der Waals surface area contributed by atoms with Gasteiger partial charge in [0.25, 0.3) is 0 Å². The number of likely N-dealkylation sites (tertiary alicyclic amines) is 1. The van der Waals surface area contributed by atoms with Gasteiger partial charge in [0.15, 0.2) is 0 Å². The van der Waals surface area contributed by atoms with Gasteiger partial charge in [0.2, 0.25) is 5.91 Å². The minimum Gasteiger partial charge on any atom is -0.497 e. The van der Waals surface area contributed by atoms with Crippen LogP contribution in [0.1, 0.15) is 37.3 Å². The van der Waals surface area contributed by atoms with Gasteiger partial charge in [-0.05, 0) is 41.2 Å². The molecular weight excluding hydrogens is 312 g/mol. The molecule has 0 radical (unpaired) electrons. The van der Waals surface area contributed by atoms with Gasteiger partial charge in [0.1, 0.15) is 5.75 Å². The number of aromatic nitrogens is 1. The molecule has 1 atom stereocenters. The van der Waals surface area contributed by atoms with Crippen molar-refractivity contribution in [1.29, 1.82) is 0 Å². The highest BCUT2D eigenvalue weighted by Crippen LogP contribution is 2.65. The van der Waals surface area contributed by atoms with E-state index in [1.54, 1.807) is 13.3 Å². The molecule has 4 nitrogen and oxygen atoms in total. The average molecular weight is 336 g/mol. The van der Waals surface area contributed by atoms with E-state index in [0.29, 0.717) is 5.92 Å². The van der Waals surface area contributed by atoms with Crippen molar-refractivity contribution in [2.75, 3.05) is 20.2 Å². The third kappa shape index (κ3) is 2.43. The molecule has 0 bridgehead atoms. The molecule has 1 saturated carbocycles. The fraction of sp³-hybridized carbons (Fsp3) is 0.429. The van der Waals surface area contributed by atoms with Crippen molar-refractivity contribution >= 4 is 5.91 Å². The van der Waals surface area contributed by atoms with Crippen molar-refractivity contribution in [2.24, 2.45) is 5.41 Å². The normalized spacial score (nSPS) is 24.5. The maximum absolute atomic E-state index is 13.3. The maximum Gasteiger partial charge on any atom is 0.233 e. The third-order valence-corrected chi connectivity index (χ3v) is 6.01. The summed E-state index contributed by atoms with van der Waals surface area (Å²) in [6.45, 7) is 5.96. The number of pyridine rings is 1. The summed E-state index contributed by atoms with van der Waals surface area (Å²) in [5, 5.41) is 0. The zero-order valence-electron chi connectivity index (χ0n) is 15.0. The van der Waals surface area contributed by atoms with Crippen molar-refractivity contribution < 1.29 is 9.53 Å². The van der Waals surface area contributed by atoms with Crippen LogP contribution in [0.3, 0.4) is 0 Å². The Hall–Kier alpha value is -2.36. The SMILES string of the molecule is COc1ccc(C2(C(=O)N3CC(c4cccnc4)C3)CC2(C)C)cc1. The number of hydrogen-bond donors (Lipinski definition) is 0. The molecule has 130 valence electrons. The molecule has 1 aromatic heterocycles. The van der Waals surface area contributed by atoms with Crippen molar-refractivity contribution in [3.05, 3.63) is 59.9 Å². The van der Waals surface area contributed by atoms with Crippen LogP contribution in [-0.2, 0) is 10.2 Å². The molecule has 0 N–H and O–H groups in total. The fourth-order valence-corrected chi connectivity index (χ4v) is 4.22. The molecular formula is C21H24N2O2. The Labute approximate surface area is 148 Å². The monoisotopic (exact) mass is 336 g/mol. The number of nitrogens with zero attached hydrogens (tertiary/aromatic N) is 2. The van der Waals surface area contributed by atoms with Crippen LogP contribution in [0.15, 0.2) is 48.8 Å². The first-order chi connectivity index (χ1) is 12.0. The van der Waals surface area contributed by atoms with Gasteiger partial charge >= 0.3 is 0 Å². The average Bonchev–Trinajstić information content (AvgIpc) is 3.18. The third-order valence-electron chi connectivity index (χ3n) is 6.01. The molecule has 2 heterocycles. The summed E-state index contributed by atoms with van der Waals surface area (Å²) >= 11 is 0. The Morgan fingerprint density at radius 1 is 1.20 bits per heavy atom. The smallest absolute Gasteiger partial charge is 0.233 e. The predicted octanol–water partition coefficient (Wildman–Crippen LogP) is 3.38. The lowest BCUT2D eigenvalue weighted by molar-refractivity contribution is -0.139. The van der Waals surface area contributed by atoms with Gasteiger partial charge in [-0.1, -0.05) is 32.0 Å². The zero-order chi connectivity index (χ0) is 17.7. The van der Waals surface area contributed by atoms with E-state index in [4.69, 9.17) is 4.74 Å². The van der Waals surface area contributed by atoms with Gasteiger partial charge in [-0.2, -0.15) is 0 Å². The number of methoxy groups -OCH3 is 1. The van der Waals surface area contributed by atoms with Crippen molar-refractivity contribution in [1.82, 2.24) is 9.88 Å². The maximum atomic E-state index is 13.3. The number of rotatable bonds is 4. The van der Waals surface area contributed by atoms with E-state index in [1.165, 1.54) is 5.56 Å². The molecule has 2 aromatic rings. The molecule has 1 saturated heterocycles. The first-order valence-corrected chi connectivity index (χ1v) is 8.82. The lowest BCUT2D eigenvalue weighted by Gasteiger charge is -2.42. The summed E-state index contributed by atoms with van der Waals surface area (Å²) in [4.78, 5) is 19.5. The Bertz CT molecular complexity index is 779. The largest absolute Gasteiger partial charge is 0.497 e. The van der Waals surface area contributed by atoms with Crippen molar-refractivity contribution in [2.45, 2.75) is 31.6 Å². The highest BCUT2D eigenvalue weighted by Gasteiger charge is 2.68. The molecule has 1 aromatic carbocycles. The van der Waals surface area contributed by atoms with Crippen molar-refractivity contribution in [3.63, 3.8) is 0 Å². The summed E-state index contributed by atoms with van der Waals surface area (Å²) in [6, 6.07) is 12.1. The van der Waals surface area contributed by atoms with Crippen LogP contribution in [0.4, 0.5) is 0 Å². The first-order valence-electron chi connectivity index (χ1n) is 8.82. The minimum absolute atomic E-state index is 0.00192. The van der Waals surface area contributed by atoms with E-state index >= 15 is 0 Å². The number of carbonyl (C=O) groups is 1. The quantitative estimate of drug-likeness (QED) is 0.859. The molecule has 1 aliphatic carbocycles. The summed E-state index contributed by atoms with van der Waals surface area (Å²) in [5.41, 5.74) is 1.94. The van der Waals surface area contributed by atoms with Crippen LogP contribution in [0.2, 0.25) is 0 Å². The fourth-order valence-electron chi connectivity index (χ4n) is 4.22. The Morgan fingerprint density at radius 3 is 2.40 bits per heavy atom. The van der Waals surface area contributed by atoms with Gasteiger partial charge < -0.3 is 9.64 Å². The topological polar surface area (TPSA) is 42.4 Å². The molecule has 2 fully saturated rings. The molecule has 25 heavy (non-hydrogen) atoms. The number of carbonyl (C=O) groups excluding carboxylic acids is 1. The summed E-state index contributed by atoms with van der Waals surface area (Å²) in [5.74, 6) is 1.50. The summed E-state index contributed by atoms with van der Waals surface area (Å²) in [6.07, 6.45) is 4.60. The van der Waals surface area contributed by atoms with E-state index in [0.717, 1.165) is 30.8 Å². The van der Waals surface area contributed by atoms with Gasteiger partial charge in [0, 0.05) is 31.4 Å². The molecule has 2 aliphatic rings. The lowest BCUT2D eigenvalue weighted by Crippen LogP contribution is -2.53. The van der Waals surface area contributed by atoms with E-state index in [1.807, 2.05) is 41.4 Å². The zero-order valence-corrected chi connectivity index (χ0v) is 15.0. The van der Waals surface area contributed by atoms with Crippen LogP contribution in [0.5, 0.6) is 5.75 Å². The second-order valence-electron chi connectivity index (χ2n) is 7.89. The number of hydrogen-bond acceptors (Lipinski definition) is 3. The van der Waals surface area contributed by atoms with E-state index < -0.39 is 0 Å². The van der Waals surface area contributed by atoms with E-state index in [2.05, 4.69) is 24.9 Å². The Kier molecular flexibility index (Phi) is 3.60.